The Bertz CT molecular complexity index is 325. The first-order valence-corrected chi connectivity index (χ1v) is 5.36. The second-order valence-electron chi connectivity index (χ2n) is 4.02. The SMILES string of the molecule is CCC(C)C(C)Nc1cccc(F)c1N. The van der Waals surface area contributed by atoms with Gasteiger partial charge in [-0.25, -0.2) is 4.39 Å². The zero-order chi connectivity index (χ0) is 11.4. The number of hydrogen-bond donors (Lipinski definition) is 2. The molecule has 0 aliphatic rings. The van der Waals surface area contributed by atoms with Gasteiger partial charge in [0.2, 0.25) is 0 Å². The minimum atomic E-state index is -0.364. The fourth-order valence-electron chi connectivity index (χ4n) is 1.40. The molecule has 1 rings (SSSR count). The highest BCUT2D eigenvalue weighted by molar-refractivity contribution is 5.66. The predicted octanol–water partition coefficient (Wildman–Crippen LogP) is 3.25. The van der Waals surface area contributed by atoms with Crippen LogP contribution in [0, 0.1) is 11.7 Å². The van der Waals surface area contributed by atoms with Crippen molar-refractivity contribution in [3.8, 4) is 0 Å². The van der Waals surface area contributed by atoms with Crippen LogP contribution in [0.15, 0.2) is 18.2 Å². The van der Waals surface area contributed by atoms with E-state index in [9.17, 15) is 4.39 Å². The summed E-state index contributed by atoms with van der Waals surface area (Å²) in [5.74, 6) is 0.170. The van der Waals surface area contributed by atoms with Crippen LogP contribution in [0.2, 0.25) is 0 Å². The van der Waals surface area contributed by atoms with Crippen molar-refractivity contribution < 1.29 is 4.39 Å². The molecule has 0 saturated heterocycles. The largest absolute Gasteiger partial charge is 0.395 e. The molecule has 0 radical (unpaired) electrons. The van der Waals surface area contributed by atoms with Crippen molar-refractivity contribution in [1.29, 1.82) is 0 Å². The Labute approximate surface area is 90.7 Å². The second kappa shape index (κ2) is 5.01. The summed E-state index contributed by atoms with van der Waals surface area (Å²) < 4.78 is 13.1. The van der Waals surface area contributed by atoms with Crippen molar-refractivity contribution in [3.05, 3.63) is 24.0 Å². The Morgan fingerprint density at radius 2 is 2.07 bits per heavy atom. The van der Waals surface area contributed by atoms with E-state index in [0.29, 0.717) is 17.6 Å². The fraction of sp³-hybridized carbons (Fsp3) is 0.500. The number of anilines is 2. The number of hydrogen-bond acceptors (Lipinski definition) is 2. The van der Waals surface area contributed by atoms with Gasteiger partial charge in [-0.1, -0.05) is 26.3 Å². The normalized spacial score (nSPS) is 14.7. The zero-order valence-electron chi connectivity index (χ0n) is 9.55. The molecule has 2 unspecified atom stereocenters. The monoisotopic (exact) mass is 210 g/mol. The van der Waals surface area contributed by atoms with E-state index in [1.807, 2.05) is 0 Å². The van der Waals surface area contributed by atoms with Gasteiger partial charge >= 0.3 is 0 Å². The standard InChI is InChI=1S/C12H19FN2/c1-4-8(2)9(3)15-11-7-5-6-10(13)12(11)14/h5-9,15H,4,14H2,1-3H3. The molecule has 0 amide bonds. The molecular formula is C12H19FN2. The Morgan fingerprint density at radius 1 is 1.40 bits per heavy atom. The minimum absolute atomic E-state index is 0.202. The van der Waals surface area contributed by atoms with Crippen molar-refractivity contribution in [3.63, 3.8) is 0 Å². The van der Waals surface area contributed by atoms with E-state index in [2.05, 4.69) is 26.1 Å². The van der Waals surface area contributed by atoms with E-state index in [0.717, 1.165) is 6.42 Å². The molecule has 2 nitrogen and oxygen atoms in total. The summed E-state index contributed by atoms with van der Waals surface area (Å²) in [7, 11) is 0. The lowest BCUT2D eigenvalue weighted by molar-refractivity contribution is 0.494. The van der Waals surface area contributed by atoms with Gasteiger partial charge in [-0.15, -0.1) is 0 Å². The smallest absolute Gasteiger partial charge is 0.148 e. The molecule has 84 valence electrons. The lowest BCUT2D eigenvalue weighted by atomic mass is 10.0. The average molecular weight is 210 g/mol. The van der Waals surface area contributed by atoms with Gasteiger partial charge in [0.1, 0.15) is 5.82 Å². The van der Waals surface area contributed by atoms with Crippen LogP contribution in [-0.2, 0) is 0 Å². The number of nitrogens with two attached hydrogens (primary N) is 1. The molecule has 1 aromatic carbocycles. The predicted molar refractivity (Wildman–Crippen MR) is 63.4 cm³/mol. The van der Waals surface area contributed by atoms with E-state index in [1.165, 1.54) is 6.07 Å². The van der Waals surface area contributed by atoms with Crippen LogP contribution in [-0.4, -0.2) is 6.04 Å². The third-order valence-corrected chi connectivity index (χ3v) is 2.93. The summed E-state index contributed by atoms with van der Waals surface area (Å²) in [5, 5.41) is 3.24. The van der Waals surface area contributed by atoms with E-state index < -0.39 is 0 Å². The Kier molecular flexibility index (Phi) is 3.95. The number of nitrogens with one attached hydrogen (secondary N) is 1. The summed E-state index contributed by atoms with van der Waals surface area (Å²) in [5.41, 5.74) is 6.52. The first kappa shape index (κ1) is 11.8. The first-order valence-electron chi connectivity index (χ1n) is 5.36. The van der Waals surface area contributed by atoms with E-state index in [1.54, 1.807) is 12.1 Å². The lowest BCUT2D eigenvalue weighted by Gasteiger charge is -2.22. The quantitative estimate of drug-likeness (QED) is 0.749. The number of rotatable bonds is 4. The number of nitrogen functional groups attached to an aromatic ring is 1. The van der Waals surface area contributed by atoms with Crippen LogP contribution in [0.1, 0.15) is 27.2 Å². The number of benzene rings is 1. The zero-order valence-corrected chi connectivity index (χ0v) is 9.55. The van der Waals surface area contributed by atoms with Crippen LogP contribution in [0.5, 0.6) is 0 Å². The third kappa shape index (κ3) is 2.85. The van der Waals surface area contributed by atoms with Crippen LogP contribution in [0.3, 0.4) is 0 Å². The maximum atomic E-state index is 13.1. The summed E-state index contributed by atoms with van der Waals surface area (Å²) in [6, 6.07) is 5.13. The maximum absolute atomic E-state index is 13.1. The van der Waals surface area contributed by atoms with Crippen LogP contribution < -0.4 is 11.1 Å². The Balaban J connectivity index is 2.76. The summed E-state index contributed by atoms with van der Waals surface area (Å²) in [4.78, 5) is 0. The summed E-state index contributed by atoms with van der Waals surface area (Å²) in [6.07, 6.45) is 1.09. The molecule has 0 aromatic heterocycles. The number of halogens is 1. The Hall–Kier alpha value is -1.25. The molecule has 3 N–H and O–H groups in total. The molecule has 1 aromatic rings. The average Bonchev–Trinajstić information content (AvgIpc) is 2.23. The van der Waals surface area contributed by atoms with E-state index >= 15 is 0 Å². The Morgan fingerprint density at radius 3 is 2.67 bits per heavy atom. The highest BCUT2D eigenvalue weighted by atomic mass is 19.1. The van der Waals surface area contributed by atoms with E-state index in [-0.39, 0.29) is 11.5 Å². The first-order chi connectivity index (χ1) is 7.06. The molecule has 0 heterocycles. The molecular weight excluding hydrogens is 191 g/mol. The van der Waals surface area contributed by atoms with Crippen LogP contribution in [0.4, 0.5) is 15.8 Å². The third-order valence-electron chi connectivity index (χ3n) is 2.93. The van der Waals surface area contributed by atoms with Gasteiger partial charge in [0, 0.05) is 6.04 Å². The molecule has 3 heteroatoms. The van der Waals surface area contributed by atoms with E-state index in [4.69, 9.17) is 5.73 Å². The molecule has 0 fully saturated rings. The summed E-state index contributed by atoms with van der Waals surface area (Å²) >= 11 is 0. The highest BCUT2D eigenvalue weighted by Gasteiger charge is 2.12. The van der Waals surface area contributed by atoms with Crippen molar-refractivity contribution >= 4 is 11.4 Å². The van der Waals surface area contributed by atoms with Gasteiger partial charge in [-0.05, 0) is 25.0 Å². The van der Waals surface area contributed by atoms with Gasteiger partial charge in [0.05, 0.1) is 11.4 Å². The van der Waals surface area contributed by atoms with Gasteiger partial charge in [0.25, 0.3) is 0 Å². The molecule has 15 heavy (non-hydrogen) atoms. The maximum Gasteiger partial charge on any atom is 0.148 e. The molecule has 0 spiro atoms. The van der Waals surface area contributed by atoms with Crippen LogP contribution in [0.25, 0.3) is 0 Å². The van der Waals surface area contributed by atoms with Crippen molar-refractivity contribution in [2.24, 2.45) is 5.92 Å². The molecule has 0 saturated carbocycles. The lowest BCUT2D eigenvalue weighted by Crippen LogP contribution is -2.23. The van der Waals surface area contributed by atoms with Crippen molar-refractivity contribution in [1.82, 2.24) is 0 Å². The molecule has 0 bridgehead atoms. The number of para-hydroxylation sites is 1. The molecule has 2 atom stereocenters. The van der Waals surface area contributed by atoms with Crippen LogP contribution >= 0.6 is 0 Å². The molecule has 0 aliphatic carbocycles. The van der Waals surface area contributed by atoms with Crippen molar-refractivity contribution in [2.75, 3.05) is 11.1 Å². The second-order valence-corrected chi connectivity index (χ2v) is 4.02. The van der Waals surface area contributed by atoms with Gasteiger partial charge in [-0.3, -0.25) is 0 Å². The minimum Gasteiger partial charge on any atom is -0.395 e. The highest BCUT2D eigenvalue weighted by Crippen LogP contribution is 2.23. The fourth-order valence-corrected chi connectivity index (χ4v) is 1.40. The van der Waals surface area contributed by atoms with Gasteiger partial charge in [0.15, 0.2) is 0 Å². The van der Waals surface area contributed by atoms with Crippen molar-refractivity contribution in [2.45, 2.75) is 33.2 Å². The summed E-state index contributed by atoms with van der Waals surface area (Å²) in [6.45, 7) is 6.38. The van der Waals surface area contributed by atoms with Gasteiger partial charge in [-0.2, -0.15) is 0 Å². The molecule has 0 aliphatic heterocycles. The van der Waals surface area contributed by atoms with Gasteiger partial charge < -0.3 is 11.1 Å². The topological polar surface area (TPSA) is 38.0 Å².